The first-order chi connectivity index (χ1) is 6.43. The summed E-state index contributed by atoms with van der Waals surface area (Å²) in [5, 5.41) is 12.5. The van der Waals surface area contributed by atoms with E-state index in [1.807, 2.05) is 13.8 Å². The average molecular weight is 221 g/mol. The highest BCUT2D eigenvalue weighted by Crippen LogP contribution is 2.23. The van der Waals surface area contributed by atoms with Crippen LogP contribution in [0, 0.1) is 0 Å². The van der Waals surface area contributed by atoms with Gasteiger partial charge in [0.2, 0.25) is 0 Å². The maximum atomic E-state index is 11.3. The monoisotopic (exact) mass is 221 g/mol. The molecule has 2 atom stereocenters. The van der Waals surface area contributed by atoms with E-state index in [2.05, 4.69) is 5.32 Å². The molecular weight excluding hydrogens is 202 g/mol. The molecule has 1 rings (SSSR count). The second-order valence-corrected chi connectivity index (χ2v) is 6.42. The van der Waals surface area contributed by atoms with Crippen LogP contribution in [0.5, 0.6) is 0 Å². The van der Waals surface area contributed by atoms with Crippen molar-refractivity contribution in [2.75, 3.05) is 18.1 Å². The van der Waals surface area contributed by atoms with Gasteiger partial charge in [0.05, 0.1) is 23.7 Å². The van der Waals surface area contributed by atoms with Gasteiger partial charge in [0, 0.05) is 6.04 Å². The molecule has 2 N–H and O–H groups in total. The van der Waals surface area contributed by atoms with Gasteiger partial charge in [-0.15, -0.1) is 0 Å². The Labute approximate surface area is 85.6 Å². The molecule has 0 radical (unpaired) electrons. The molecule has 0 spiro atoms. The van der Waals surface area contributed by atoms with E-state index in [1.165, 1.54) is 0 Å². The van der Waals surface area contributed by atoms with E-state index in [0.29, 0.717) is 6.42 Å². The topological polar surface area (TPSA) is 66.4 Å². The first kappa shape index (κ1) is 11.9. The molecule has 5 heteroatoms. The molecule has 0 aromatic carbocycles. The molecule has 0 aromatic rings. The van der Waals surface area contributed by atoms with Gasteiger partial charge in [0.15, 0.2) is 9.84 Å². The van der Waals surface area contributed by atoms with Crippen molar-refractivity contribution in [1.82, 2.24) is 5.32 Å². The van der Waals surface area contributed by atoms with Crippen LogP contribution in [0.4, 0.5) is 0 Å². The van der Waals surface area contributed by atoms with E-state index in [0.717, 1.165) is 6.42 Å². The lowest BCUT2D eigenvalue weighted by Crippen LogP contribution is -2.53. The van der Waals surface area contributed by atoms with Gasteiger partial charge < -0.3 is 10.4 Å². The maximum absolute atomic E-state index is 11.3. The minimum Gasteiger partial charge on any atom is -0.394 e. The van der Waals surface area contributed by atoms with Gasteiger partial charge in [0.25, 0.3) is 0 Å². The van der Waals surface area contributed by atoms with Crippen molar-refractivity contribution in [1.29, 1.82) is 0 Å². The van der Waals surface area contributed by atoms with E-state index in [4.69, 9.17) is 0 Å². The number of hydrogen-bond donors (Lipinski definition) is 2. The third kappa shape index (κ3) is 2.68. The lowest BCUT2D eigenvalue weighted by molar-refractivity contribution is 0.167. The van der Waals surface area contributed by atoms with Crippen LogP contribution in [0.25, 0.3) is 0 Å². The van der Waals surface area contributed by atoms with Crippen LogP contribution >= 0.6 is 0 Å². The van der Waals surface area contributed by atoms with Gasteiger partial charge in [-0.05, 0) is 19.8 Å². The van der Waals surface area contributed by atoms with Crippen molar-refractivity contribution < 1.29 is 13.5 Å². The smallest absolute Gasteiger partial charge is 0.152 e. The summed E-state index contributed by atoms with van der Waals surface area (Å²) in [6.45, 7) is 3.94. The lowest BCUT2D eigenvalue weighted by atomic mass is 9.98. The second-order valence-electron chi connectivity index (χ2n) is 4.23. The highest BCUT2D eigenvalue weighted by Gasteiger charge is 2.42. The Morgan fingerprint density at radius 2 is 2.21 bits per heavy atom. The second kappa shape index (κ2) is 4.16. The van der Waals surface area contributed by atoms with E-state index in [9.17, 15) is 13.5 Å². The normalized spacial score (nSPS) is 33.1. The highest BCUT2D eigenvalue weighted by atomic mass is 32.2. The molecule has 14 heavy (non-hydrogen) atoms. The van der Waals surface area contributed by atoms with Crippen LogP contribution in [0.2, 0.25) is 0 Å². The summed E-state index contributed by atoms with van der Waals surface area (Å²) < 4.78 is 22.6. The summed E-state index contributed by atoms with van der Waals surface area (Å²) in [5.74, 6) is 0.262. The number of aliphatic hydroxyl groups is 1. The Kier molecular flexibility index (Phi) is 3.55. The number of aliphatic hydroxyl groups excluding tert-OH is 1. The fraction of sp³-hybridized carbons (Fsp3) is 1.00. The van der Waals surface area contributed by atoms with Crippen molar-refractivity contribution in [2.45, 2.75) is 38.3 Å². The zero-order chi connectivity index (χ0) is 10.8. The van der Waals surface area contributed by atoms with Crippen molar-refractivity contribution >= 4 is 9.84 Å². The molecule has 4 nitrogen and oxygen atoms in total. The summed E-state index contributed by atoms with van der Waals surface area (Å²) in [7, 11) is -2.94. The molecule has 1 aliphatic heterocycles. The van der Waals surface area contributed by atoms with Crippen LogP contribution in [0.1, 0.15) is 26.7 Å². The molecule has 0 saturated carbocycles. The summed E-state index contributed by atoms with van der Waals surface area (Å²) >= 11 is 0. The summed E-state index contributed by atoms with van der Waals surface area (Å²) in [4.78, 5) is 0. The van der Waals surface area contributed by atoms with E-state index < -0.39 is 15.4 Å². The number of rotatable bonds is 4. The Morgan fingerprint density at radius 1 is 1.57 bits per heavy atom. The fourth-order valence-corrected chi connectivity index (χ4v) is 3.83. The fourth-order valence-electron chi connectivity index (χ4n) is 1.83. The van der Waals surface area contributed by atoms with Gasteiger partial charge in [-0.1, -0.05) is 6.92 Å². The van der Waals surface area contributed by atoms with Crippen molar-refractivity contribution in [3.8, 4) is 0 Å². The van der Waals surface area contributed by atoms with Crippen LogP contribution in [0.3, 0.4) is 0 Å². The maximum Gasteiger partial charge on any atom is 0.152 e. The van der Waals surface area contributed by atoms with Crippen LogP contribution < -0.4 is 5.32 Å². The molecule has 1 aliphatic rings. The Balaban J connectivity index is 2.70. The largest absolute Gasteiger partial charge is 0.394 e. The summed E-state index contributed by atoms with van der Waals surface area (Å²) in [5.41, 5.74) is -0.589. The zero-order valence-electron chi connectivity index (χ0n) is 8.78. The minimum absolute atomic E-state index is 0.0703. The van der Waals surface area contributed by atoms with Gasteiger partial charge in [0.1, 0.15) is 0 Å². The Hall–Kier alpha value is -0.130. The number of hydrogen-bond acceptors (Lipinski definition) is 4. The average Bonchev–Trinajstić information content (AvgIpc) is 2.42. The molecule has 2 unspecified atom stereocenters. The van der Waals surface area contributed by atoms with E-state index in [-0.39, 0.29) is 24.2 Å². The van der Waals surface area contributed by atoms with Gasteiger partial charge in [-0.3, -0.25) is 0 Å². The summed E-state index contributed by atoms with van der Waals surface area (Å²) in [6.07, 6.45) is 1.46. The molecule has 1 heterocycles. The van der Waals surface area contributed by atoms with Crippen molar-refractivity contribution in [3.63, 3.8) is 0 Å². The van der Waals surface area contributed by atoms with Crippen molar-refractivity contribution in [2.24, 2.45) is 0 Å². The molecule has 0 aliphatic carbocycles. The molecular formula is C9H19NO3S. The van der Waals surface area contributed by atoms with E-state index in [1.54, 1.807) is 0 Å². The minimum atomic E-state index is -2.94. The molecule has 84 valence electrons. The number of sulfone groups is 1. The third-order valence-corrected chi connectivity index (χ3v) is 4.67. The Bertz CT molecular complexity index is 288. The van der Waals surface area contributed by atoms with E-state index >= 15 is 0 Å². The number of nitrogens with one attached hydrogen (secondary N) is 1. The zero-order valence-corrected chi connectivity index (χ0v) is 9.60. The first-order valence-electron chi connectivity index (χ1n) is 5.02. The van der Waals surface area contributed by atoms with Crippen LogP contribution in [0.15, 0.2) is 0 Å². The molecule has 1 fully saturated rings. The summed E-state index contributed by atoms with van der Waals surface area (Å²) in [6, 6.07) is 0.246. The molecule has 0 bridgehead atoms. The molecule has 0 amide bonds. The van der Waals surface area contributed by atoms with Gasteiger partial charge in [-0.25, -0.2) is 8.42 Å². The Morgan fingerprint density at radius 3 is 2.57 bits per heavy atom. The van der Waals surface area contributed by atoms with Gasteiger partial charge in [-0.2, -0.15) is 0 Å². The van der Waals surface area contributed by atoms with Crippen LogP contribution in [-0.4, -0.2) is 43.2 Å². The predicted molar refractivity (Wildman–Crippen MR) is 56.0 cm³/mol. The predicted octanol–water partition coefficient (Wildman–Crippen LogP) is -0.0759. The first-order valence-corrected chi connectivity index (χ1v) is 6.84. The highest BCUT2D eigenvalue weighted by molar-refractivity contribution is 7.91. The molecule has 0 aromatic heterocycles. The van der Waals surface area contributed by atoms with Crippen LogP contribution in [-0.2, 0) is 9.84 Å². The standard InChI is InChI=1S/C9H19NO3S/c1-3-8(2)10-9(6-11)4-5-14(12,13)7-9/h8,10-11H,3-7H2,1-2H3. The quantitative estimate of drug-likeness (QED) is 0.697. The lowest BCUT2D eigenvalue weighted by Gasteiger charge is -2.30. The third-order valence-electron chi connectivity index (χ3n) is 2.86. The SMILES string of the molecule is CCC(C)NC1(CO)CCS(=O)(=O)C1. The molecule has 1 saturated heterocycles. The van der Waals surface area contributed by atoms with Gasteiger partial charge >= 0.3 is 0 Å². The van der Waals surface area contributed by atoms with Crippen molar-refractivity contribution in [3.05, 3.63) is 0 Å².